The van der Waals surface area contributed by atoms with E-state index in [-0.39, 0.29) is 5.60 Å². The molecular weight excluding hydrogens is 226 g/mol. The Labute approximate surface area is 110 Å². The van der Waals surface area contributed by atoms with Gasteiger partial charge in [0.1, 0.15) is 0 Å². The van der Waals surface area contributed by atoms with Crippen LogP contribution in [0.5, 0.6) is 0 Å². The summed E-state index contributed by atoms with van der Waals surface area (Å²) in [5.74, 6) is 0.696. The molecule has 2 heterocycles. The molecule has 2 atom stereocenters. The maximum Gasteiger partial charge on any atom is 0.0942 e. The number of nitrogens with one attached hydrogen (secondary N) is 1. The molecule has 18 heavy (non-hydrogen) atoms. The molecule has 0 amide bonds. The maximum atomic E-state index is 5.95. The Bertz CT molecular complexity index is 293. The molecule has 1 saturated carbocycles. The highest BCUT2D eigenvalue weighted by Gasteiger charge is 2.40. The SMILES string of the molecule is C(=CC1CCOC2(CCOC2)C1)CCNC1CC1. The third-order valence-electron chi connectivity index (χ3n) is 4.33. The lowest BCUT2D eigenvalue weighted by Crippen LogP contribution is -2.39. The molecule has 2 unspecified atom stereocenters. The monoisotopic (exact) mass is 251 g/mol. The summed E-state index contributed by atoms with van der Waals surface area (Å²) in [5, 5.41) is 3.55. The van der Waals surface area contributed by atoms with Gasteiger partial charge < -0.3 is 14.8 Å². The lowest BCUT2D eigenvalue weighted by atomic mass is 9.85. The number of allylic oxidation sites excluding steroid dienone is 1. The molecule has 0 bridgehead atoms. The maximum absolute atomic E-state index is 5.95. The topological polar surface area (TPSA) is 30.5 Å². The summed E-state index contributed by atoms with van der Waals surface area (Å²) in [6.45, 7) is 3.72. The quantitative estimate of drug-likeness (QED) is 0.600. The van der Waals surface area contributed by atoms with Gasteiger partial charge in [0.15, 0.2) is 0 Å². The molecule has 0 aromatic carbocycles. The molecule has 1 aliphatic carbocycles. The van der Waals surface area contributed by atoms with Crippen LogP contribution >= 0.6 is 0 Å². The van der Waals surface area contributed by atoms with Crippen molar-refractivity contribution in [3.63, 3.8) is 0 Å². The van der Waals surface area contributed by atoms with E-state index in [0.29, 0.717) is 5.92 Å². The Morgan fingerprint density at radius 1 is 1.22 bits per heavy atom. The Kier molecular flexibility index (Phi) is 4.02. The van der Waals surface area contributed by atoms with Gasteiger partial charge in [0.05, 0.1) is 12.2 Å². The molecular formula is C15H25NO2. The fourth-order valence-electron chi connectivity index (χ4n) is 3.04. The predicted molar refractivity (Wildman–Crippen MR) is 71.6 cm³/mol. The first-order valence-electron chi connectivity index (χ1n) is 7.48. The minimum Gasteiger partial charge on any atom is -0.378 e. The van der Waals surface area contributed by atoms with Crippen molar-refractivity contribution in [2.75, 3.05) is 26.4 Å². The number of ether oxygens (including phenoxy) is 2. The van der Waals surface area contributed by atoms with Gasteiger partial charge in [0, 0.05) is 25.7 Å². The van der Waals surface area contributed by atoms with Gasteiger partial charge in [0.25, 0.3) is 0 Å². The largest absolute Gasteiger partial charge is 0.378 e. The minimum absolute atomic E-state index is 0.0551. The zero-order valence-electron chi connectivity index (χ0n) is 11.2. The molecule has 3 nitrogen and oxygen atoms in total. The molecule has 3 heteroatoms. The summed E-state index contributed by atoms with van der Waals surface area (Å²) in [6.07, 6.45) is 12.1. The second-order valence-electron chi connectivity index (χ2n) is 6.03. The van der Waals surface area contributed by atoms with Crippen molar-refractivity contribution in [1.29, 1.82) is 0 Å². The summed E-state index contributed by atoms with van der Waals surface area (Å²) in [5.41, 5.74) is 0.0551. The Morgan fingerprint density at radius 3 is 2.94 bits per heavy atom. The van der Waals surface area contributed by atoms with Crippen LogP contribution in [0.25, 0.3) is 0 Å². The van der Waals surface area contributed by atoms with Crippen LogP contribution in [0.3, 0.4) is 0 Å². The van der Waals surface area contributed by atoms with Gasteiger partial charge in [-0.05, 0) is 44.6 Å². The van der Waals surface area contributed by atoms with E-state index in [1.807, 2.05) is 0 Å². The predicted octanol–water partition coefficient (Wildman–Crippen LogP) is 2.27. The average molecular weight is 251 g/mol. The average Bonchev–Trinajstić information content (AvgIpc) is 3.11. The standard InChI is InChI=1S/C15H25NO2/c1(2-8-16-14-4-5-14)3-13-6-9-18-15(11-13)7-10-17-12-15/h1,3,13-14,16H,2,4-12H2. The van der Waals surface area contributed by atoms with Gasteiger partial charge in [-0.2, -0.15) is 0 Å². The molecule has 1 N–H and O–H groups in total. The first-order valence-corrected chi connectivity index (χ1v) is 7.48. The van der Waals surface area contributed by atoms with Crippen molar-refractivity contribution in [3.05, 3.63) is 12.2 Å². The highest BCUT2D eigenvalue weighted by molar-refractivity contribution is 4.98. The van der Waals surface area contributed by atoms with Crippen LogP contribution in [0.2, 0.25) is 0 Å². The lowest BCUT2D eigenvalue weighted by molar-refractivity contribution is -0.0910. The molecule has 2 saturated heterocycles. The Hall–Kier alpha value is -0.380. The first-order chi connectivity index (χ1) is 8.86. The normalized spacial score (nSPS) is 36.8. The second kappa shape index (κ2) is 5.72. The molecule has 3 rings (SSSR count). The van der Waals surface area contributed by atoms with Gasteiger partial charge in [-0.1, -0.05) is 12.2 Å². The van der Waals surface area contributed by atoms with Crippen molar-refractivity contribution in [2.45, 2.75) is 50.2 Å². The minimum atomic E-state index is 0.0551. The molecule has 2 aliphatic heterocycles. The van der Waals surface area contributed by atoms with E-state index in [1.54, 1.807) is 0 Å². The first kappa shape index (κ1) is 12.6. The van der Waals surface area contributed by atoms with Crippen molar-refractivity contribution >= 4 is 0 Å². The van der Waals surface area contributed by atoms with E-state index in [1.165, 1.54) is 19.3 Å². The number of rotatable bonds is 5. The third kappa shape index (κ3) is 3.34. The fourth-order valence-corrected chi connectivity index (χ4v) is 3.04. The smallest absolute Gasteiger partial charge is 0.0942 e. The van der Waals surface area contributed by atoms with Crippen LogP contribution in [-0.4, -0.2) is 38.0 Å². The molecule has 1 spiro atoms. The van der Waals surface area contributed by atoms with E-state index in [2.05, 4.69) is 17.5 Å². The lowest BCUT2D eigenvalue weighted by Gasteiger charge is -2.36. The summed E-state index contributed by atoms with van der Waals surface area (Å²) in [6, 6.07) is 0.834. The summed E-state index contributed by atoms with van der Waals surface area (Å²) in [7, 11) is 0. The van der Waals surface area contributed by atoms with Crippen LogP contribution in [0.4, 0.5) is 0 Å². The summed E-state index contributed by atoms with van der Waals surface area (Å²) < 4.78 is 11.5. The molecule has 102 valence electrons. The summed E-state index contributed by atoms with van der Waals surface area (Å²) >= 11 is 0. The van der Waals surface area contributed by atoms with Crippen molar-refractivity contribution < 1.29 is 9.47 Å². The highest BCUT2D eigenvalue weighted by atomic mass is 16.6. The Morgan fingerprint density at radius 2 is 2.17 bits per heavy atom. The van der Waals surface area contributed by atoms with E-state index in [4.69, 9.17) is 9.47 Å². The number of hydrogen-bond donors (Lipinski definition) is 1. The van der Waals surface area contributed by atoms with E-state index < -0.39 is 0 Å². The molecule has 3 aliphatic rings. The number of hydrogen-bond acceptors (Lipinski definition) is 3. The van der Waals surface area contributed by atoms with E-state index >= 15 is 0 Å². The zero-order valence-corrected chi connectivity index (χ0v) is 11.2. The van der Waals surface area contributed by atoms with Gasteiger partial charge >= 0.3 is 0 Å². The Balaban J connectivity index is 1.39. The van der Waals surface area contributed by atoms with Gasteiger partial charge in [-0.3, -0.25) is 0 Å². The van der Waals surface area contributed by atoms with Crippen LogP contribution in [-0.2, 0) is 9.47 Å². The van der Waals surface area contributed by atoms with Crippen molar-refractivity contribution in [2.24, 2.45) is 5.92 Å². The van der Waals surface area contributed by atoms with Crippen LogP contribution in [0.1, 0.15) is 38.5 Å². The van der Waals surface area contributed by atoms with Crippen LogP contribution in [0, 0.1) is 5.92 Å². The van der Waals surface area contributed by atoms with Gasteiger partial charge in [-0.15, -0.1) is 0 Å². The molecule has 3 fully saturated rings. The zero-order chi connectivity index (χ0) is 12.3. The van der Waals surface area contributed by atoms with E-state index in [0.717, 1.165) is 51.7 Å². The van der Waals surface area contributed by atoms with Crippen molar-refractivity contribution in [1.82, 2.24) is 5.32 Å². The van der Waals surface area contributed by atoms with Crippen molar-refractivity contribution in [3.8, 4) is 0 Å². The second-order valence-corrected chi connectivity index (χ2v) is 6.03. The fraction of sp³-hybridized carbons (Fsp3) is 0.867. The van der Waals surface area contributed by atoms with Gasteiger partial charge in [0.2, 0.25) is 0 Å². The van der Waals surface area contributed by atoms with E-state index in [9.17, 15) is 0 Å². The third-order valence-corrected chi connectivity index (χ3v) is 4.33. The van der Waals surface area contributed by atoms with Crippen LogP contribution < -0.4 is 5.32 Å². The van der Waals surface area contributed by atoms with Crippen LogP contribution in [0.15, 0.2) is 12.2 Å². The molecule has 0 radical (unpaired) electrons. The summed E-state index contributed by atoms with van der Waals surface area (Å²) in [4.78, 5) is 0. The van der Waals surface area contributed by atoms with Gasteiger partial charge in [-0.25, -0.2) is 0 Å². The molecule has 0 aromatic heterocycles. The highest BCUT2D eigenvalue weighted by Crippen LogP contribution is 2.36. The molecule has 0 aromatic rings.